The van der Waals surface area contributed by atoms with Gasteiger partial charge in [-0.15, -0.1) is 0 Å². The summed E-state index contributed by atoms with van der Waals surface area (Å²) in [6.07, 6.45) is 4.66. The molecule has 3 rings (SSSR count). The second-order valence-electron chi connectivity index (χ2n) is 6.03. The van der Waals surface area contributed by atoms with E-state index in [9.17, 15) is 9.59 Å². The van der Waals surface area contributed by atoms with E-state index in [2.05, 4.69) is 10.4 Å². The standard InChI is InChI=1S/C17H22N4O3/c1-3-24-17(23)20-8-6-13(7-9-20)19-16(22)14-10-18-21-11-12(2)4-5-15(14)21/h4-5,10-11,13H,3,6-9H2,1-2H3,(H,19,22). The van der Waals surface area contributed by atoms with Gasteiger partial charge in [0.1, 0.15) is 0 Å². The number of piperidine rings is 1. The van der Waals surface area contributed by atoms with Crippen LogP contribution in [0, 0.1) is 6.92 Å². The lowest BCUT2D eigenvalue weighted by Crippen LogP contribution is -2.46. The third kappa shape index (κ3) is 3.34. The van der Waals surface area contributed by atoms with Gasteiger partial charge in [0.2, 0.25) is 0 Å². The normalized spacial score (nSPS) is 15.5. The van der Waals surface area contributed by atoms with E-state index in [4.69, 9.17) is 4.74 Å². The number of aryl methyl sites for hydroxylation is 1. The van der Waals surface area contributed by atoms with Gasteiger partial charge in [-0.05, 0) is 38.3 Å². The summed E-state index contributed by atoms with van der Waals surface area (Å²) in [4.78, 5) is 25.9. The molecule has 1 saturated heterocycles. The van der Waals surface area contributed by atoms with Gasteiger partial charge >= 0.3 is 6.09 Å². The van der Waals surface area contributed by atoms with Crippen molar-refractivity contribution in [1.29, 1.82) is 0 Å². The van der Waals surface area contributed by atoms with Gasteiger partial charge in [0.15, 0.2) is 0 Å². The van der Waals surface area contributed by atoms with Gasteiger partial charge in [-0.3, -0.25) is 4.79 Å². The second kappa shape index (κ2) is 6.90. The molecule has 0 unspecified atom stereocenters. The number of nitrogens with zero attached hydrogens (tertiary/aromatic N) is 3. The largest absolute Gasteiger partial charge is 0.450 e. The van der Waals surface area contributed by atoms with Crippen LogP contribution in [0.15, 0.2) is 24.5 Å². The number of carbonyl (C=O) groups is 2. The molecule has 1 fully saturated rings. The number of fused-ring (bicyclic) bond motifs is 1. The van der Waals surface area contributed by atoms with Crippen molar-refractivity contribution in [2.24, 2.45) is 0 Å². The molecule has 2 aromatic rings. The second-order valence-corrected chi connectivity index (χ2v) is 6.03. The number of hydrogen-bond donors (Lipinski definition) is 1. The van der Waals surface area contributed by atoms with Crippen LogP contribution in [0.5, 0.6) is 0 Å². The summed E-state index contributed by atoms with van der Waals surface area (Å²) in [5.74, 6) is -0.122. The van der Waals surface area contributed by atoms with Crippen LogP contribution in [0.25, 0.3) is 5.52 Å². The summed E-state index contributed by atoms with van der Waals surface area (Å²) in [6, 6.07) is 3.93. The van der Waals surface area contributed by atoms with Crippen molar-refractivity contribution in [3.8, 4) is 0 Å². The molecule has 2 aromatic heterocycles. The van der Waals surface area contributed by atoms with Crippen LogP contribution in [-0.2, 0) is 4.74 Å². The van der Waals surface area contributed by atoms with E-state index in [1.54, 1.807) is 22.5 Å². The van der Waals surface area contributed by atoms with Gasteiger partial charge in [0, 0.05) is 25.3 Å². The van der Waals surface area contributed by atoms with Gasteiger partial charge in [-0.25, -0.2) is 9.31 Å². The molecular weight excluding hydrogens is 308 g/mol. The summed E-state index contributed by atoms with van der Waals surface area (Å²) in [5, 5.41) is 7.28. The van der Waals surface area contributed by atoms with Gasteiger partial charge in [-0.1, -0.05) is 6.07 Å². The predicted octanol–water partition coefficient (Wildman–Crippen LogP) is 1.99. The summed E-state index contributed by atoms with van der Waals surface area (Å²) in [6.45, 7) is 5.35. The maximum atomic E-state index is 12.5. The van der Waals surface area contributed by atoms with E-state index in [0.29, 0.717) is 25.3 Å². The summed E-state index contributed by atoms with van der Waals surface area (Å²) >= 11 is 0. The molecule has 2 amide bonds. The molecular formula is C17H22N4O3. The monoisotopic (exact) mass is 330 g/mol. The van der Waals surface area contributed by atoms with E-state index in [1.165, 1.54) is 0 Å². The lowest BCUT2D eigenvalue weighted by molar-refractivity contribution is 0.0861. The summed E-state index contributed by atoms with van der Waals surface area (Å²) < 4.78 is 6.72. The molecule has 3 heterocycles. The Labute approximate surface area is 140 Å². The quantitative estimate of drug-likeness (QED) is 0.934. The molecule has 0 aromatic carbocycles. The minimum absolute atomic E-state index is 0.0589. The molecule has 1 aliphatic rings. The first-order valence-electron chi connectivity index (χ1n) is 8.25. The highest BCUT2D eigenvalue weighted by Gasteiger charge is 2.25. The molecule has 7 heteroatoms. The minimum atomic E-state index is -0.278. The van der Waals surface area contributed by atoms with Crippen molar-refractivity contribution >= 4 is 17.5 Å². The van der Waals surface area contributed by atoms with Crippen LogP contribution in [0.2, 0.25) is 0 Å². The first kappa shape index (κ1) is 16.3. The topological polar surface area (TPSA) is 75.9 Å². The number of pyridine rings is 1. The number of ether oxygens (including phenoxy) is 1. The minimum Gasteiger partial charge on any atom is -0.450 e. The zero-order valence-corrected chi connectivity index (χ0v) is 14.0. The molecule has 0 bridgehead atoms. The summed E-state index contributed by atoms with van der Waals surface area (Å²) in [7, 11) is 0. The van der Waals surface area contributed by atoms with Gasteiger partial charge in [-0.2, -0.15) is 5.10 Å². The first-order chi connectivity index (χ1) is 11.6. The highest BCUT2D eigenvalue weighted by atomic mass is 16.6. The average Bonchev–Trinajstić information content (AvgIpc) is 2.98. The highest BCUT2D eigenvalue weighted by molar-refractivity contribution is 6.00. The Morgan fingerprint density at radius 3 is 2.79 bits per heavy atom. The van der Waals surface area contributed by atoms with Crippen molar-refractivity contribution in [3.05, 3.63) is 35.7 Å². The van der Waals surface area contributed by atoms with Crippen LogP contribution in [0.4, 0.5) is 4.79 Å². The van der Waals surface area contributed by atoms with Crippen LogP contribution < -0.4 is 5.32 Å². The number of aromatic nitrogens is 2. The summed E-state index contributed by atoms with van der Waals surface area (Å²) in [5.41, 5.74) is 2.45. The molecule has 0 aliphatic carbocycles. The molecule has 1 aliphatic heterocycles. The lowest BCUT2D eigenvalue weighted by atomic mass is 10.0. The highest BCUT2D eigenvalue weighted by Crippen LogP contribution is 2.15. The van der Waals surface area contributed by atoms with Crippen LogP contribution >= 0.6 is 0 Å². The maximum absolute atomic E-state index is 12.5. The van der Waals surface area contributed by atoms with Crippen LogP contribution in [0.3, 0.4) is 0 Å². The van der Waals surface area contributed by atoms with E-state index in [1.807, 2.05) is 25.3 Å². The average molecular weight is 330 g/mol. The zero-order valence-electron chi connectivity index (χ0n) is 14.0. The maximum Gasteiger partial charge on any atom is 0.409 e. The Bertz CT molecular complexity index is 747. The lowest BCUT2D eigenvalue weighted by Gasteiger charge is -2.31. The molecule has 24 heavy (non-hydrogen) atoms. The van der Waals surface area contributed by atoms with Gasteiger partial charge in [0.05, 0.1) is 23.9 Å². The van der Waals surface area contributed by atoms with Crippen molar-refractivity contribution < 1.29 is 14.3 Å². The Balaban J connectivity index is 1.60. The van der Waals surface area contributed by atoms with Crippen LogP contribution in [0.1, 0.15) is 35.7 Å². The number of nitrogens with one attached hydrogen (secondary N) is 1. The fourth-order valence-corrected chi connectivity index (χ4v) is 2.95. The molecule has 7 nitrogen and oxygen atoms in total. The molecule has 0 radical (unpaired) electrons. The first-order valence-corrected chi connectivity index (χ1v) is 8.25. The number of hydrogen-bond acceptors (Lipinski definition) is 4. The van der Waals surface area contributed by atoms with E-state index >= 15 is 0 Å². The third-order valence-electron chi connectivity index (χ3n) is 4.26. The van der Waals surface area contributed by atoms with Crippen molar-refractivity contribution in [1.82, 2.24) is 19.8 Å². The Hall–Kier alpha value is -2.57. The third-order valence-corrected chi connectivity index (χ3v) is 4.26. The Morgan fingerprint density at radius 1 is 1.33 bits per heavy atom. The molecule has 1 N–H and O–H groups in total. The molecule has 128 valence electrons. The number of carbonyl (C=O) groups excluding carboxylic acids is 2. The van der Waals surface area contributed by atoms with Crippen molar-refractivity contribution in [2.45, 2.75) is 32.7 Å². The number of amides is 2. The van der Waals surface area contributed by atoms with Gasteiger partial charge < -0.3 is 15.0 Å². The predicted molar refractivity (Wildman–Crippen MR) is 89.0 cm³/mol. The van der Waals surface area contributed by atoms with Crippen LogP contribution in [-0.4, -0.2) is 52.3 Å². The van der Waals surface area contributed by atoms with Crippen molar-refractivity contribution in [2.75, 3.05) is 19.7 Å². The SMILES string of the molecule is CCOC(=O)N1CCC(NC(=O)c2cnn3cc(C)ccc23)CC1. The zero-order chi connectivity index (χ0) is 17.1. The van der Waals surface area contributed by atoms with E-state index < -0.39 is 0 Å². The molecule has 0 spiro atoms. The van der Waals surface area contributed by atoms with E-state index in [-0.39, 0.29) is 18.0 Å². The molecule has 0 atom stereocenters. The van der Waals surface area contributed by atoms with Crippen molar-refractivity contribution in [3.63, 3.8) is 0 Å². The van der Waals surface area contributed by atoms with Gasteiger partial charge in [0.25, 0.3) is 5.91 Å². The number of likely N-dealkylation sites (tertiary alicyclic amines) is 1. The smallest absolute Gasteiger partial charge is 0.409 e. The van der Waals surface area contributed by atoms with E-state index in [0.717, 1.165) is 23.9 Å². The number of rotatable bonds is 3. The fourth-order valence-electron chi connectivity index (χ4n) is 2.95. The molecule has 0 saturated carbocycles. The Kier molecular flexibility index (Phi) is 4.69. The fraction of sp³-hybridized carbons (Fsp3) is 0.471. The Morgan fingerprint density at radius 2 is 2.08 bits per heavy atom.